The average Bonchev–Trinajstić information content (AvgIpc) is 2.98. The minimum absolute atomic E-state index is 0.124. The molecule has 2 nitrogen and oxygen atoms in total. The molecule has 1 N–H and O–H groups in total. The highest BCUT2D eigenvalue weighted by Gasteiger charge is 2.33. The van der Waals surface area contributed by atoms with Crippen LogP contribution in [0.4, 0.5) is 4.39 Å². The highest BCUT2D eigenvalue weighted by Crippen LogP contribution is 2.42. The fourth-order valence-electron chi connectivity index (χ4n) is 3.72. The second-order valence-corrected chi connectivity index (χ2v) is 6.80. The highest BCUT2D eigenvalue weighted by atomic mass is 79.9. The topological polar surface area (TPSA) is 15.3 Å². The molecule has 0 unspecified atom stereocenters. The van der Waals surface area contributed by atoms with E-state index >= 15 is 0 Å². The Hall–Kier alpha value is -0.450. The first-order chi connectivity index (χ1) is 9.75. The van der Waals surface area contributed by atoms with E-state index in [2.05, 4.69) is 26.1 Å². The number of halogens is 2. The quantitative estimate of drug-likeness (QED) is 0.901. The van der Waals surface area contributed by atoms with Gasteiger partial charge in [-0.25, -0.2) is 4.39 Å². The molecule has 0 spiro atoms. The molecule has 1 aromatic carbocycles. The molecule has 20 heavy (non-hydrogen) atoms. The lowest BCUT2D eigenvalue weighted by atomic mass is 9.89. The third-order valence-electron chi connectivity index (χ3n) is 4.67. The van der Waals surface area contributed by atoms with Gasteiger partial charge in [-0.2, -0.15) is 0 Å². The predicted molar refractivity (Wildman–Crippen MR) is 83.2 cm³/mol. The SMILES string of the molecule is Fc1ccc(Br)c([C@@H](C2CCCC2)N2CCNCC2)c1. The van der Waals surface area contributed by atoms with Crippen molar-refractivity contribution >= 4 is 15.9 Å². The van der Waals surface area contributed by atoms with E-state index in [0.29, 0.717) is 12.0 Å². The van der Waals surface area contributed by atoms with E-state index < -0.39 is 0 Å². The third kappa shape index (κ3) is 3.07. The van der Waals surface area contributed by atoms with Gasteiger partial charge in [-0.1, -0.05) is 28.8 Å². The minimum Gasteiger partial charge on any atom is -0.314 e. The van der Waals surface area contributed by atoms with Crippen LogP contribution >= 0.6 is 15.9 Å². The van der Waals surface area contributed by atoms with E-state index in [1.807, 2.05) is 6.07 Å². The van der Waals surface area contributed by atoms with E-state index in [1.54, 1.807) is 6.07 Å². The van der Waals surface area contributed by atoms with Crippen molar-refractivity contribution in [2.24, 2.45) is 5.92 Å². The maximum absolute atomic E-state index is 13.7. The van der Waals surface area contributed by atoms with Crippen LogP contribution in [0.15, 0.2) is 22.7 Å². The van der Waals surface area contributed by atoms with Crippen LogP contribution in [0, 0.1) is 11.7 Å². The fraction of sp³-hybridized carbons (Fsp3) is 0.625. The van der Waals surface area contributed by atoms with Crippen LogP contribution in [-0.2, 0) is 0 Å². The van der Waals surface area contributed by atoms with Gasteiger partial charge in [-0.3, -0.25) is 4.90 Å². The zero-order chi connectivity index (χ0) is 13.9. The molecule has 110 valence electrons. The van der Waals surface area contributed by atoms with Crippen molar-refractivity contribution in [3.63, 3.8) is 0 Å². The molecular weight excluding hydrogens is 319 g/mol. The first-order valence-electron chi connectivity index (χ1n) is 7.65. The van der Waals surface area contributed by atoms with Crippen LogP contribution in [-0.4, -0.2) is 31.1 Å². The van der Waals surface area contributed by atoms with E-state index in [1.165, 1.54) is 31.7 Å². The smallest absolute Gasteiger partial charge is 0.123 e. The van der Waals surface area contributed by atoms with Crippen LogP contribution < -0.4 is 5.32 Å². The number of benzene rings is 1. The highest BCUT2D eigenvalue weighted by molar-refractivity contribution is 9.10. The summed E-state index contributed by atoms with van der Waals surface area (Å²) in [5.74, 6) is 0.549. The van der Waals surface area contributed by atoms with Gasteiger partial charge in [0.25, 0.3) is 0 Å². The van der Waals surface area contributed by atoms with Gasteiger partial charge in [0.1, 0.15) is 5.82 Å². The van der Waals surface area contributed by atoms with Crippen LogP contribution in [0.25, 0.3) is 0 Å². The Kier molecular flexibility index (Phi) is 4.74. The first-order valence-corrected chi connectivity index (χ1v) is 8.45. The largest absolute Gasteiger partial charge is 0.314 e. The summed E-state index contributed by atoms with van der Waals surface area (Å²) in [6.45, 7) is 4.19. The molecule has 2 fully saturated rings. The molecule has 0 aromatic heterocycles. The standard InChI is InChI=1S/C16H22BrFN2/c17-15-6-5-13(18)11-14(15)16(12-3-1-2-4-12)20-9-7-19-8-10-20/h5-6,11-12,16,19H,1-4,7-10H2/t16-/m1/s1. The second-order valence-electron chi connectivity index (χ2n) is 5.94. The lowest BCUT2D eigenvalue weighted by molar-refractivity contribution is 0.125. The summed E-state index contributed by atoms with van der Waals surface area (Å²) in [6, 6.07) is 5.49. The van der Waals surface area contributed by atoms with Gasteiger partial charge in [0.15, 0.2) is 0 Å². The van der Waals surface area contributed by atoms with Crippen molar-refractivity contribution in [3.8, 4) is 0 Å². The molecular formula is C16H22BrFN2. The Morgan fingerprint density at radius 2 is 1.90 bits per heavy atom. The maximum atomic E-state index is 13.7. The van der Waals surface area contributed by atoms with Crippen LogP contribution in [0.1, 0.15) is 37.3 Å². The average molecular weight is 341 g/mol. The van der Waals surface area contributed by atoms with E-state index in [9.17, 15) is 4.39 Å². The zero-order valence-electron chi connectivity index (χ0n) is 11.7. The van der Waals surface area contributed by atoms with Crippen molar-refractivity contribution in [1.82, 2.24) is 10.2 Å². The summed E-state index contributed by atoms with van der Waals surface area (Å²) in [6.07, 6.45) is 5.19. The molecule has 2 aliphatic rings. The number of hydrogen-bond acceptors (Lipinski definition) is 2. The lowest BCUT2D eigenvalue weighted by Crippen LogP contribution is -2.46. The third-order valence-corrected chi connectivity index (χ3v) is 5.39. The predicted octanol–water partition coefficient (Wildman–Crippen LogP) is 3.72. The van der Waals surface area contributed by atoms with Gasteiger partial charge >= 0.3 is 0 Å². The molecule has 4 heteroatoms. The summed E-state index contributed by atoms with van der Waals surface area (Å²) in [7, 11) is 0. The molecule has 1 aromatic rings. The van der Waals surface area contributed by atoms with Crippen molar-refractivity contribution in [3.05, 3.63) is 34.1 Å². The molecule has 1 saturated heterocycles. The molecule has 0 radical (unpaired) electrons. The molecule has 1 aliphatic heterocycles. The normalized spacial score (nSPS) is 23.1. The molecule has 1 saturated carbocycles. The van der Waals surface area contributed by atoms with Crippen molar-refractivity contribution < 1.29 is 4.39 Å². The van der Waals surface area contributed by atoms with Crippen molar-refractivity contribution in [2.75, 3.05) is 26.2 Å². The van der Waals surface area contributed by atoms with Crippen molar-refractivity contribution in [1.29, 1.82) is 0 Å². The zero-order valence-corrected chi connectivity index (χ0v) is 13.3. The van der Waals surface area contributed by atoms with Gasteiger partial charge in [-0.05, 0) is 42.5 Å². The molecule has 1 heterocycles. The molecule has 0 amide bonds. The van der Waals surface area contributed by atoms with Gasteiger partial charge in [-0.15, -0.1) is 0 Å². The fourth-order valence-corrected chi connectivity index (χ4v) is 4.20. The van der Waals surface area contributed by atoms with Crippen LogP contribution in [0.2, 0.25) is 0 Å². The van der Waals surface area contributed by atoms with Gasteiger partial charge in [0.05, 0.1) is 0 Å². The molecule has 0 bridgehead atoms. The summed E-state index contributed by atoms with van der Waals surface area (Å²) in [5.41, 5.74) is 1.14. The van der Waals surface area contributed by atoms with Gasteiger partial charge in [0, 0.05) is 36.7 Å². The monoisotopic (exact) mass is 340 g/mol. The molecule has 1 atom stereocenters. The number of nitrogens with zero attached hydrogens (tertiary/aromatic N) is 1. The van der Waals surface area contributed by atoms with Gasteiger partial charge in [0.2, 0.25) is 0 Å². The Balaban J connectivity index is 1.92. The Morgan fingerprint density at radius 3 is 2.60 bits per heavy atom. The minimum atomic E-state index is -0.124. The van der Waals surface area contributed by atoms with E-state index in [4.69, 9.17) is 0 Å². The number of rotatable bonds is 3. The maximum Gasteiger partial charge on any atom is 0.123 e. The first kappa shape index (κ1) is 14.5. The summed E-state index contributed by atoms with van der Waals surface area (Å²) in [4.78, 5) is 2.55. The van der Waals surface area contributed by atoms with Gasteiger partial charge < -0.3 is 5.32 Å². The van der Waals surface area contributed by atoms with E-state index in [-0.39, 0.29) is 5.82 Å². The van der Waals surface area contributed by atoms with E-state index in [0.717, 1.165) is 36.2 Å². The Morgan fingerprint density at radius 1 is 1.20 bits per heavy atom. The Labute approximate surface area is 128 Å². The number of hydrogen-bond donors (Lipinski definition) is 1. The number of piperazine rings is 1. The second kappa shape index (κ2) is 6.54. The summed E-state index contributed by atoms with van der Waals surface area (Å²) >= 11 is 3.64. The van der Waals surface area contributed by atoms with Crippen LogP contribution in [0.5, 0.6) is 0 Å². The molecule has 1 aliphatic carbocycles. The molecule has 3 rings (SSSR count). The van der Waals surface area contributed by atoms with Crippen LogP contribution in [0.3, 0.4) is 0 Å². The lowest BCUT2D eigenvalue weighted by Gasteiger charge is -2.39. The Bertz CT molecular complexity index is 454. The van der Waals surface area contributed by atoms with Crippen molar-refractivity contribution in [2.45, 2.75) is 31.7 Å². The summed E-state index contributed by atoms with van der Waals surface area (Å²) < 4.78 is 14.8. The summed E-state index contributed by atoms with van der Waals surface area (Å²) in [5, 5.41) is 3.41. The number of nitrogens with one attached hydrogen (secondary N) is 1.